The van der Waals surface area contributed by atoms with Crippen LogP contribution in [0.25, 0.3) is 0 Å². The van der Waals surface area contributed by atoms with E-state index in [0.717, 1.165) is 5.56 Å². The van der Waals surface area contributed by atoms with Crippen LogP contribution in [0.15, 0.2) is 29.4 Å². The lowest BCUT2D eigenvalue weighted by Gasteiger charge is -1.99. The van der Waals surface area contributed by atoms with Crippen molar-refractivity contribution < 1.29 is 0 Å². The Morgan fingerprint density at radius 3 is 2.93 bits per heavy atom. The Bertz CT molecular complexity index is 350. The first kappa shape index (κ1) is 11.0. The highest BCUT2D eigenvalue weighted by atomic mass is 32.2. The topological polar surface area (TPSA) is 50.4 Å². The number of hydrazone groups is 1. The lowest BCUT2D eigenvalue weighted by atomic mass is 10.2. The zero-order chi connectivity index (χ0) is 10.4. The molecule has 1 aromatic rings. The van der Waals surface area contributed by atoms with Gasteiger partial charge in [0.25, 0.3) is 0 Å². The smallest absolute Gasteiger partial charge is 0.153 e. The molecule has 3 nitrogen and oxygen atoms in total. The zero-order valence-electron chi connectivity index (χ0n) is 7.73. The van der Waals surface area contributed by atoms with E-state index in [-0.39, 0.29) is 0 Å². The van der Waals surface area contributed by atoms with Gasteiger partial charge < -0.3 is 5.73 Å². The Labute approximate surface area is 92.8 Å². The summed E-state index contributed by atoms with van der Waals surface area (Å²) >= 11 is 6.35. The van der Waals surface area contributed by atoms with Crippen LogP contribution in [-0.2, 0) is 0 Å². The highest BCUT2D eigenvalue weighted by Crippen LogP contribution is 2.06. The van der Waals surface area contributed by atoms with Gasteiger partial charge in [0.2, 0.25) is 0 Å². The van der Waals surface area contributed by atoms with Crippen molar-refractivity contribution in [2.24, 2.45) is 5.10 Å². The molecule has 0 aromatic heterocycles. The third kappa shape index (κ3) is 3.35. The lowest BCUT2D eigenvalue weighted by Crippen LogP contribution is -2.10. The summed E-state index contributed by atoms with van der Waals surface area (Å²) in [5, 5.41) is 3.96. The summed E-state index contributed by atoms with van der Waals surface area (Å²) in [6, 6.07) is 7.51. The molecule has 0 atom stereocenters. The van der Waals surface area contributed by atoms with Gasteiger partial charge in [0, 0.05) is 11.3 Å². The Morgan fingerprint density at radius 2 is 2.29 bits per heavy atom. The van der Waals surface area contributed by atoms with Crippen LogP contribution < -0.4 is 11.2 Å². The van der Waals surface area contributed by atoms with E-state index in [1.54, 1.807) is 6.21 Å². The zero-order valence-corrected chi connectivity index (χ0v) is 9.36. The van der Waals surface area contributed by atoms with Crippen molar-refractivity contribution >= 4 is 40.2 Å². The first-order valence-corrected chi connectivity index (χ1v) is 5.59. The summed E-state index contributed by atoms with van der Waals surface area (Å²) in [5.74, 6) is 0. The quantitative estimate of drug-likeness (QED) is 0.349. The second-order valence-electron chi connectivity index (χ2n) is 2.49. The fourth-order valence-electron chi connectivity index (χ4n) is 0.829. The van der Waals surface area contributed by atoms with E-state index < -0.39 is 0 Å². The predicted molar refractivity (Wildman–Crippen MR) is 67.7 cm³/mol. The maximum atomic E-state index is 5.71. The van der Waals surface area contributed by atoms with Crippen LogP contribution in [0, 0.1) is 0 Å². The number of hydrogen-bond acceptors (Lipinski definition) is 4. The Morgan fingerprint density at radius 1 is 1.57 bits per heavy atom. The minimum atomic E-state index is 0.635. The van der Waals surface area contributed by atoms with Gasteiger partial charge in [-0.05, 0) is 12.3 Å². The number of para-hydroxylation sites is 1. The van der Waals surface area contributed by atoms with Crippen molar-refractivity contribution in [1.29, 1.82) is 0 Å². The van der Waals surface area contributed by atoms with Crippen LogP contribution in [0.3, 0.4) is 0 Å². The average Bonchev–Trinajstić information content (AvgIpc) is 2.20. The molecule has 3 N–H and O–H groups in total. The monoisotopic (exact) mass is 225 g/mol. The Hall–Kier alpha value is -1.07. The highest BCUT2D eigenvalue weighted by molar-refractivity contribution is 8.22. The lowest BCUT2D eigenvalue weighted by molar-refractivity contribution is 1.07. The molecular weight excluding hydrogens is 214 g/mol. The molecule has 0 aliphatic carbocycles. The molecule has 0 saturated carbocycles. The molecule has 0 spiro atoms. The summed E-state index contributed by atoms with van der Waals surface area (Å²) in [4.78, 5) is 0. The van der Waals surface area contributed by atoms with Crippen molar-refractivity contribution in [2.45, 2.75) is 0 Å². The number of nitrogens with two attached hydrogens (primary N) is 1. The molecule has 0 heterocycles. The molecule has 0 unspecified atom stereocenters. The number of nitrogen functional groups attached to an aromatic ring is 1. The summed E-state index contributed by atoms with van der Waals surface area (Å²) < 4.78 is 0.635. The molecule has 0 aliphatic rings. The highest BCUT2D eigenvalue weighted by Gasteiger charge is 1.92. The molecule has 14 heavy (non-hydrogen) atoms. The van der Waals surface area contributed by atoms with Crippen molar-refractivity contribution in [3.8, 4) is 0 Å². The van der Waals surface area contributed by atoms with Gasteiger partial charge >= 0.3 is 0 Å². The maximum absolute atomic E-state index is 5.71. The van der Waals surface area contributed by atoms with E-state index >= 15 is 0 Å². The van der Waals surface area contributed by atoms with Crippen LogP contribution in [-0.4, -0.2) is 16.8 Å². The van der Waals surface area contributed by atoms with Crippen LogP contribution >= 0.6 is 24.0 Å². The van der Waals surface area contributed by atoms with Gasteiger partial charge in [-0.25, -0.2) is 0 Å². The van der Waals surface area contributed by atoms with Crippen LogP contribution in [0.5, 0.6) is 0 Å². The molecule has 74 valence electrons. The Kier molecular flexibility index (Phi) is 4.42. The van der Waals surface area contributed by atoms with E-state index in [9.17, 15) is 0 Å². The molecule has 0 saturated heterocycles. The van der Waals surface area contributed by atoms with Gasteiger partial charge in [-0.3, -0.25) is 5.43 Å². The molecule has 0 fully saturated rings. The Balaban J connectivity index is 2.60. The van der Waals surface area contributed by atoms with Gasteiger partial charge in [-0.15, -0.1) is 0 Å². The first-order chi connectivity index (χ1) is 6.74. The van der Waals surface area contributed by atoms with E-state index in [2.05, 4.69) is 10.5 Å². The molecule has 0 aliphatic heterocycles. The van der Waals surface area contributed by atoms with Crippen LogP contribution in [0.2, 0.25) is 0 Å². The number of thioether (sulfide) groups is 1. The molecule has 1 rings (SSSR count). The van der Waals surface area contributed by atoms with Gasteiger partial charge in [-0.1, -0.05) is 42.2 Å². The number of anilines is 1. The molecule has 5 heteroatoms. The summed E-state index contributed by atoms with van der Waals surface area (Å²) in [6.07, 6.45) is 3.54. The third-order valence-electron chi connectivity index (χ3n) is 1.54. The average molecular weight is 225 g/mol. The number of rotatable bonds is 2. The van der Waals surface area contributed by atoms with Crippen molar-refractivity contribution in [3.05, 3.63) is 29.8 Å². The molecule has 1 aromatic carbocycles. The molecule has 0 bridgehead atoms. The molecular formula is C9H11N3S2. The van der Waals surface area contributed by atoms with Gasteiger partial charge in [-0.2, -0.15) is 5.10 Å². The van der Waals surface area contributed by atoms with Crippen molar-refractivity contribution in [3.63, 3.8) is 0 Å². The van der Waals surface area contributed by atoms with Crippen molar-refractivity contribution in [1.82, 2.24) is 5.43 Å². The van der Waals surface area contributed by atoms with Gasteiger partial charge in [0.15, 0.2) is 4.32 Å². The van der Waals surface area contributed by atoms with Gasteiger partial charge in [0.1, 0.15) is 0 Å². The largest absolute Gasteiger partial charge is 0.398 e. The summed E-state index contributed by atoms with van der Waals surface area (Å²) in [7, 11) is 0. The number of benzene rings is 1. The predicted octanol–water partition coefficient (Wildman–Crippen LogP) is 1.84. The maximum Gasteiger partial charge on any atom is 0.153 e. The molecule has 0 amide bonds. The number of hydrogen-bond donors (Lipinski definition) is 2. The van der Waals surface area contributed by atoms with E-state index in [4.69, 9.17) is 18.0 Å². The SMILES string of the molecule is CSC(=S)N/N=C/c1ccccc1N. The van der Waals surface area contributed by atoms with Crippen molar-refractivity contribution in [2.75, 3.05) is 12.0 Å². The summed E-state index contributed by atoms with van der Waals surface area (Å²) in [6.45, 7) is 0. The second-order valence-corrected chi connectivity index (χ2v) is 3.97. The van der Waals surface area contributed by atoms with E-state index in [1.165, 1.54) is 11.8 Å². The fourth-order valence-corrected chi connectivity index (χ4v) is 1.03. The number of nitrogens with zero attached hydrogens (tertiary/aromatic N) is 1. The standard InChI is InChI=1S/C9H11N3S2/c1-14-9(13)12-11-6-7-4-2-3-5-8(7)10/h2-6H,10H2,1H3,(H,12,13)/b11-6+. The van der Waals surface area contributed by atoms with Crippen LogP contribution in [0.4, 0.5) is 5.69 Å². The number of thiocarbonyl (C=S) groups is 1. The first-order valence-electron chi connectivity index (χ1n) is 3.95. The molecule has 0 radical (unpaired) electrons. The van der Waals surface area contributed by atoms with Gasteiger partial charge in [0.05, 0.1) is 6.21 Å². The van der Waals surface area contributed by atoms with E-state index in [1.807, 2.05) is 30.5 Å². The minimum absolute atomic E-state index is 0.635. The van der Waals surface area contributed by atoms with Crippen LogP contribution in [0.1, 0.15) is 5.56 Å². The fraction of sp³-hybridized carbons (Fsp3) is 0.111. The van der Waals surface area contributed by atoms with E-state index in [0.29, 0.717) is 10.0 Å². The minimum Gasteiger partial charge on any atom is -0.398 e. The normalized spacial score (nSPS) is 10.4. The third-order valence-corrected chi connectivity index (χ3v) is 2.59. The number of nitrogens with one attached hydrogen (secondary N) is 1. The second kappa shape index (κ2) is 5.62. The summed E-state index contributed by atoms with van der Waals surface area (Å²) in [5.41, 5.74) is 10.0.